The van der Waals surface area contributed by atoms with E-state index in [9.17, 15) is 0 Å². The Hall–Kier alpha value is 0.134. The molecule has 0 rings (SSSR count). The molecule has 0 aromatic carbocycles. The maximum atomic E-state index is 2.47. The van der Waals surface area contributed by atoms with Gasteiger partial charge >= 0.3 is 0 Å². The fourth-order valence-corrected chi connectivity index (χ4v) is 7.56. The zero-order valence-corrected chi connectivity index (χ0v) is 21.8. The largest absolute Gasteiger partial charge is 0.161 e. The van der Waals surface area contributed by atoms with Gasteiger partial charge in [-0.05, 0) is 17.5 Å². The van der Waals surface area contributed by atoms with Crippen LogP contribution < -0.4 is 0 Å². The summed E-state index contributed by atoms with van der Waals surface area (Å²) in [5, 5.41) is 0. The Morgan fingerprint density at radius 2 is 1.38 bits per heavy atom. The Labute approximate surface area is 108 Å². The van der Waals surface area contributed by atoms with Crippen molar-refractivity contribution in [2.24, 2.45) is 0 Å². The van der Waals surface area contributed by atoms with E-state index in [1.165, 1.54) is 35.1 Å². The third-order valence-electron chi connectivity index (χ3n) is 2.11. The molecule has 0 aliphatic carbocycles. The van der Waals surface area contributed by atoms with Crippen molar-refractivity contribution in [1.82, 2.24) is 0 Å². The predicted molar refractivity (Wildman–Crippen MR) is 85.1 cm³/mol. The van der Waals surface area contributed by atoms with Gasteiger partial charge in [0.1, 0.15) is 0 Å². The zero-order chi connectivity index (χ0) is 11.7. The first-order chi connectivity index (χ1) is 6.92. The minimum Gasteiger partial charge on any atom is -0.161 e. The van der Waals surface area contributed by atoms with Crippen LogP contribution in [0.2, 0.25) is 44.8 Å². The summed E-state index contributed by atoms with van der Waals surface area (Å²) in [5.74, 6) is 5.53. The van der Waals surface area contributed by atoms with Crippen molar-refractivity contribution in [3.63, 3.8) is 0 Å². The maximum Gasteiger partial charge on any atom is 0.0450 e. The first kappa shape index (κ1) is 18.5. The van der Waals surface area contributed by atoms with Gasteiger partial charge in [-0.2, -0.15) is 23.5 Å². The fraction of sp³-hybridized carbons (Fsp3) is 1.00. The molecule has 0 nitrogen and oxygen atoms in total. The predicted octanol–water partition coefficient (Wildman–Crippen LogP) is 4.55. The van der Waals surface area contributed by atoms with Gasteiger partial charge in [0.25, 0.3) is 0 Å². The molecule has 5 heteroatoms. The van der Waals surface area contributed by atoms with Crippen LogP contribution >= 0.6 is 23.5 Å². The Bertz CT molecular complexity index is 149. The average Bonchev–Trinajstić information content (AvgIpc) is 2.07. The van der Waals surface area contributed by atoms with Crippen LogP contribution in [-0.2, 0) is 0 Å². The maximum absolute atomic E-state index is 2.47. The Balaban J connectivity index is 0. The van der Waals surface area contributed by atoms with E-state index in [1.54, 1.807) is 0 Å². The van der Waals surface area contributed by atoms with E-state index in [0.29, 0.717) is 0 Å². The van der Waals surface area contributed by atoms with Crippen molar-refractivity contribution in [3.8, 4) is 0 Å². The van der Waals surface area contributed by atoms with Gasteiger partial charge in [0.2, 0.25) is 0 Å². The van der Waals surface area contributed by atoms with E-state index in [4.69, 9.17) is 0 Å². The Morgan fingerprint density at radius 3 is 1.81 bits per heavy atom. The van der Waals surface area contributed by atoms with Crippen LogP contribution in [0.25, 0.3) is 0 Å². The molecule has 0 heterocycles. The number of hydrogen-bond acceptors (Lipinski definition) is 2. The molecule has 0 fully saturated rings. The minimum absolute atomic E-state index is 0. The van der Waals surface area contributed by atoms with Gasteiger partial charge in [0.15, 0.2) is 0 Å². The van der Waals surface area contributed by atoms with Gasteiger partial charge in [0, 0.05) is 28.4 Å². The summed E-state index contributed by atoms with van der Waals surface area (Å²) in [4.78, 5) is 0. The molecule has 0 aliphatic rings. The molecular formula is C11H27RfS2Si2. The monoisotopic (exact) mass is 546 g/mol. The molecule has 0 unspecified atom stereocenters. The Morgan fingerprint density at radius 1 is 0.875 bits per heavy atom. The van der Waals surface area contributed by atoms with E-state index >= 15 is 0 Å². The SMILES string of the molecule is C[Si](C)CCSCCSCC[Si](C)(C)C.[Rf]. The van der Waals surface area contributed by atoms with Gasteiger partial charge < -0.3 is 0 Å². The summed E-state index contributed by atoms with van der Waals surface area (Å²) in [6.45, 7) is 12.2. The molecule has 0 aromatic rings. The molecule has 0 amide bonds. The molecule has 0 aliphatic heterocycles. The summed E-state index contributed by atoms with van der Waals surface area (Å²) in [5.41, 5.74) is 0. The van der Waals surface area contributed by atoms with E-state index in [0.717, 1.165) is 0 Å². The van der Waals surface area contributed by atoms with Gasteiger partial charge in [0.05, 0.1) is 0 Å². The topological polar surface area (TPSA) is 0 Å². The molecule has 0 spiro atoms. The van der Waals surface area contributed by atoms with Crippen molar-refractivity contribution in [2.45, 2.75) is 44.8 Å². The second-order valence-corrected chi connectivity index (χ2v) is 16.5. The zero-order valence-electron chi connectivity index (χ0n) is 11.8. The standard InChI is InChI=1S/C11H27S2Si2.Rf/c1-14(2)10-8-12-6-7-13-9-11-15(3,4)5;/h6-11H2,1-5H3;. The van der Waals surface area contributed by atoms with E-state index in [-0.39, 0.29) is 8.80 Å². The molecule has 93 valence electrons. The molecular weight excluding hydrogens is 519 g/mol. The molecule has 0 bridgehead atoms. The van der Waals surface area contributed by atoms with Crippen LogP contribution in [0.4, 0.5) is 0 Å². The molecule has 0 saturated carbocycles. The van der Waals surface area contributed by atoms with Gasteiger partial charge in [-0.25, -0.2) is 0 Å². The van der Waals surface area contributed by atoms with E-state index in [1.807, 2.05) is 0 Å². The summed E-state index contributed by atoms with van der Waals surface area (Å²) in [6.07, 6.45) is 0. The van der Waals surface area contributed by atoms with Crippen molar-refractivity contribution in [1.29, 1.82) is 0 Å². The Kier molecular flexibility index (Phi) is 11.9. The van der Waals surface area contributed by atoms with Crippen molar-refractivity contribution >= 4 is 40.4 Å². The smallest absolute Gasteiger partial charge is 0.0450 e. The minimum atomic E-state index is -0.771. The van der Waals surface area contributed by atoms with Crippen LogP contribution in [0, 0.1) is 0 Å². The van der Waals surface area contributed by atoms with Crippen molar-refractivity contribution in [3.05, 3.63) is 0 Å². The van der Waals surface area contributed by atoms with Crippen molar-refractivity contribution < 1.29 is 0 Å². The van der Waals surface area contributed by atoms with Gasteiger partial charge in [-0.1, -0.05) is 38.8 Å². The summed E-state index contributed by atoms with van der Waals surface area (Å²) < 4.78 is 0. The molecule has 0 saturated heterocycles. The van der Waals surface area contributed by atoms with E-state index < -0.39 is 8.07 Å². The van der Waals surface area contributed by atoms with Crippen LogP contribution in [0.1, 0.15) is 0 Å². The van der Waals surface area contributed by atoms with Gasteiger partial charge in [-0.3, -0.25) is 0 Å². The molecule has 16 heavy (non-hydrogen) atoms. The molecule has 0 N–H and O–H groups in total. The van der Waals surface area contributed by atoms with Crippen LogP contribution in [0.5, 0.6) is 0 Å². The van der Waals surface area contributed by atoms with Gasteiger partial charge in [-0.15, -0.1) is 0 Å². The van der Waals surface area contributed by atoms with Crippen LogP contribution in [-0.4, -0.2) is 39.9 Å². The van der Waals surface area contributed by atoms with Crippen LogP contribution in [0.15, 0.2) is 0 Å². The third kappa shape index (κ3) is 16.6. The number of thioether (sulfide) groups is 2. The molecule has 0 aromatic heterocycles. The van der Waals surface area contributed by atoms with Crippen molar-refractivity contribution in [2.75, 3.05) is 23.0 Å². The quantitative estimate of drug-likeness (QED) is 0.308. The third-order valence-corrected chi connectivity index (χ3v) is 8.07. The summed E-state index contributed by atoms with van der Waals surface area (Å²) in [6, 6.07) is 2.97. The second kappa shape index (κ2) is 10.3. The fourth-order valence-electron chi connectivity index (χ4n) is 0.977. The summed E-state index contributed by atoms with van der Waals surface area (Å²) >= 11 is 4.32. The average molecular weight is 547 g/mol. The normalized spacial score (nSPS) is 11.6. The molecule has 1 radical (unpaired) electrons. The first-order valence-electron chi connectivity index (χ1n) is 5.86. The summed E-state index contributed by atoms with van der Waals surface area (Å²) in [7, 11) is -0.744. The second-order valence-electron chi connectivity index (χ2n) is 5.49. The molecule has 0 atom stereocenters. The first-order valence-corrected chi connectivity index (χ1v) is 14.6. The number of rotatable bonds is 9. The van der Waals surface area contributed by atoms with E-state index in [2.05, 4.69) is 56.3 Å². The van der Waals surface area contributed by atoms with Crippen LogP contribution in [0.3, 0.4) is 0 Å². The number of hydrogen-bond donors (Lipinski definition) is 0.